The van der Waals surface area contributed by atoms with Crippen LogP contribution in [0.4, 0.5) is 0 Å². The summed E-state index contributed by atoms with van der Waals surface area (Å²) in [4.78, 5) is 0. The average molecular weight is 248 g/mol. The minimum Gasteiger partial charge on any atom is -0.379 e. The molecule has 0 bridgehead atoms. The molecule has 104 valence electrons. The first-order valence-electron chi connectivity index (χ1n) is 6.26. The van der Waals surface area contributed by atoms with Crippen LogP contribution in [0, 0.1) is 5.92 Å². The van der Waals surface area contributed by atoms with Crippen molar-refractivity contribution >= 4 is 0 Å². The molecule has 0 saturated heterocycles. The summed E-state index contributed by atoms with van der Waals surface area (Å²) < 4.78 is 16.2. The molecule has 0 aliphatic carbocycles. The molecule has 0 fully saturated rings. The molecule has 5 heteroatoms. The quantitative estimate of drug-likeness (QED) is 0.516. The molecule has 0 aliphatic heterocycles. The molecule has 0 aromatic carbocycles. The van der Waals surface area contributed by atoms with Crippen LogP contribution in [0.5, 0.6) is 0 Å². The van der Waals surface area contributed by atoms with Crippen LogP contribution in [0.2, 0.25) is 0 Å². The van der Waals surface area contributed by atoms with Gasteiger partial charge in [-0.05, 0) is 13.8 Å². The first-order valence-corrected chi connectivity index (χ1v) is 6.26. The van der Waals surface area contributed by atoms with Crippen molar-refractivity contribution in [1.29, 1.82) is 0 Å². The molecule has 0 saturated carbocycles. The monoisotopic (exact) mass is 248 g/mol. The van der Waals surface area contributed by atoms with Gasteiger partial charge in [-0.3, -0.25) is 0 Å². The molecule has 0 aromatic heterocycles. The first-order chi connectivity index (χ1) is 8.02. The predicted octanol–water partition coefficient (Wildman–Crippen LogP) is 0.367. The van der Waals surface area contributed by atoms with Gasteiger partial charge in [0.2, 0.25) is 0 Å². The van der Waals surface area contributed by atoms with Gasteiger partial charge in [-0.25, -0.2) is 0 Å². The molecule has 0 spiro atoms. The van der Waals surface area contributed by atoms with Gasteiger partial charge >= 0.3 is 0 Å². The minimum atomic E-state index is 0.0839. The number of hydrogen-bond donors (Lipinski definition) is 2. The Kier molecular flexibility index (Phi) is 10.8. The van der Waals surface area contributed by atoms with E-state index in [0.717, 1.165) is 0 Å². The number of rotatable bonds is 11. The van der Waals surface area contributed by atoms with Crippen molar-refractivity contribution in [3.63, 3.8) is 0 Å². The van der Waals surface area contributed by atoms with Gasteiger partial charge < -0.3 is 25.7 Å². The lowest BCUT2D eigenvalue weighted by molar-refractivity contribution is 0.0116. The average Bonchev–Trinajstić information content (AvgIpc) is 2.22. The molecular weight excluding hydrogens is 220 g/mol. The fourth-order valence-corrected chi connectivity index (χ4v) is 1.17. The Morgan fingerprint density at radius 3 is 1.65 bits per heavy atom. The van der Waals surface area contributed by atoms with Crippen molar-refractivity contribution in [1.82, 2.24) is 0 Å². The van der Waals surface area contributed by atoms with E-state index in [9.17, 15) is 0 Å². The Balaban J connectivity index is 3.19. The van der Waals surface area contributed by atoms with Crippen molar-refractivity contribution in [2.45, 2.75) is 32.9 Å². The molecule has 0 radical (unpaired) electrons. The predicted molar refractivity (Wildman–Crippen MR) is 68.9 cm³/mol. The molecule has 17 heavy (non-hydrogen) atoms. The molecule has 3 atom stereocenters. The lowest BCUT2D eigenvalue weighted by Crippen LogP contribution is -2.25. The van der Waals surface area contributed by atoms with E-state index in [4.69, 9.17) is 25.7 Å². The van der Waals surface area contributed by atoms with Gasteiger partial charge in [0, 0.05) is 18.0 Å². The Morgan fingerprint density at radius 2 is 1.12 bits per heavy atom. The second kappa shape index (κ2) is 10.9. The van der Waals surface area contributed by atoms with Gasteiger partial charge in [-0.1, -0.05) is 6.92 Å². The smallest absolute Gasteiger partial charge is 0.0701 e. The van der Waals surface area contributed by atoms with Crippen LogP contribution in [0.1, 0.15) is 20.8 Å². The minimum absolute atomic E-state index is 0.0839. The fourth-order valence-electron chi connectivity index (χ4n) is 1.17. The summed E-state index contributed by atoms with van der Waals surface area (Å²) in [5.41, 5.74) is 11.1. The third kappa shape index (κ3) is 13.7. The Labute approximate surface area is 105 Å². The van der Waals surface area contributed by atoms with Crippen molar-refractivity contribution < 1.29 is 14.2 Å². The lowest BCUT2D eigenvalue weighted by Gasteiger charge is -2.14. The third-order valence-electron chi connectivity index (χ3n) is 1.94. The van der Waals surface area contributed by atoms with E-state index < -0.39 is 0 Å². The molecule has 3 unspecified atom stereocenters. The maximum absolute atomic E-state index is 5.57. The molecule has 0 amide bonds. The van der Waals surface area contributed by atoms with Gasteiger partial charge in [0.15, 0.2) is 0 Å². The zero-order valence-corrected chi connectivity index (χ0v) is 11.4. The van der Waals surface area contributed by atoms with Crippen LogP contribution >= 0.6 is 0 Å². The zero-order valence-electron chi connectivity index (χ0n) is 11.4. The van der Waals surface area contributed by atoms with E-state index >= 15 is 0 Å². The fraction of sp³-hybridized carbons (Fsp3) is 1.00. The first kappa shape index (κ1) is 16.8. The van der Waals surface area contributed by atoms with Crippen molar-refractivity contribution in [2.24, 2.45) is 17.4 Å². The standard InChI is InChI=1S/C12H28N2O3/c1-10(7-17-9-12(3)14)6-15-4-5-16-8-11(2)13/h10-12H,4-9,13-14H2,1-3H3. The highest BCUT2D eigenvalue weighted by atomic mass is 16.5. The normalized spacial score (nSPS) is 16.8. The van der Waals surface area contributed by atoms with Gasteiger partial charge in [-0.15, -0.1) is 0 Å². The summed E-state index contributed by atoms with van der Waals surface area (Å²) in [6, 6.07) is 0.176. The van der Waals surface area contributed by atoms with E-state index in [1.54, 1.807) is 0 Å². The lowest BCUT2D eigenvalue weighted by atomic mass is 10.2. The highest BCUT2D eigenvalue weighted by Gasteiger charge is 2.03. The second-order valence-corrected chi connectivity index (χ2v) is 4.75. The van der Waals surface area contributed by atoms with Gasteiger partial charge in [0.25, 0.3) is 0 Å². The molecule has 0 aliphatic rings. The zero-order chi connectivity index (χ0) is 13.1. The number of ether oxygens (including phenoxy) is 3. The summed E-state index contributed by atoms with van der Waals surface area (Å²) in [5.74, 6) is 0.377. The largest absolute Gasteiger partial charge is 0.379 e. The van der Waals surface area contributed by atoms with Crippen LogP contribution in [0.15, 0.2) is 0 Å². The van der Waals surface area contributed by atoms with E-state index in [1.165, 1.54) is 0 Å². The topological polar surface area (TPSA) is 79.7 Å². The Bertz CT molecular complexity index is 166. The maximum Gasteiger partial charge on any atom is 0.0701 e. The van der Waals surface area contributed by atoms with Crippen LogP contribution in [0.25, 0.3) is 0 Å². The van der Waals surface area contributed by atoms with Crippen molar-refractivity contribution in [2.75, 3.05) is 39.6 Å². The Morgan fingerprint density at radius 1 is 0.706 bits per heavy atom. The van der Waals surface area contributed by atoms with E-state index in [2.05, 4.69) is 6.92 Å². The van der Waals surface area contributed by atoms with Crippen LogP contribution in [-0.4, -0.2) is 51.7 Å². The maximum atomic E-state index is 5.57. The molecule has 0 rings (SSSR count). The second-order valence-electron chi connectivity index (χ2n) is 4.75. The van der Waals surface area contributed by atoms with E-state index in [0.29, 0.717) is 45.6 Å². The van der Waals surface area contributed by atoms with Crippen LogP contribution < -0.4 is 11.5 Å². The number of hydrogen-bond acceptors (Lipinski definition) is 5. The molecule has 0 aromatic rings. The molecular formula is C12H28N2O3. The summed E-state index contributed by atoms with van der Waals surface area (Å²) in [5, 5.41) is 0. The van der Waals surface area contributed by atoms with Gasteiger partial charge in [-0.2, -0.15) is 0 Å². The van der Waals surface area contributed by atoms with Crippen LogP contribution in [-0.2, 0) is 14.2 Å². The van der Waals surface area contributed by atoms with Crippen molar-refractivity contribution in [3.8, 4) is 0 Å². The molecule has 5 nitrogen and oxygen atoms in total. The molecule has 4 N–H and O–H groups in total. The summed E-state index contributed by atoms with van der Waals surface area (Å²) in [7, 11) is 0. The highest BCUT2D eigenvalue weighted by Crippen LogP contribution is 1.97. The summed E-state index contributed by atoms with van der Waals surface area (Å²) in [6.45, 7) is 9.67. The van der Waals surface area contributed by atoms with Gasteiger partial charge in [0.1, 0.15) is 0 Å². The van der Waals surface area contributed by atoms with E-state index in [-0.39, 0.29) is 12.1 Å². The van der Waals surface area contributed by atoms with E-state index in [1.807, 2.05) is 13.8 Å². The Hall–Kier alpha value is -0.200. The van der Waals surface area contributed by atoms with Crippen LogP contribution in [0.3, 0.4) is 0 Å². The summed E-state index contributed by atoms with van der Waals surface area (Å²) in [6.07, 6.45) is 0. The molecule has 0 heterocycles. The highest BCUT2D eigenvalue weighted by molar-refractivity contribution is 4.53. The van der Waals surface area contributed by atoms with Gasteiger partial charge in [0.05, 0.1) is 39.6 Å². The number of nitrogens with two attached hydrogens (primary N) is 2. The van der Waals surface area contributed by atoms with Crippen molar-refractivity contribution in [3.05, 3.63) is 0 Å². The third-order valence-corrected chi connectivity index (χ3v) is 1.94. The SMILES string of the molecule is CC(N)COCCOCC(C)COCC(C)N. The summed E-state index contributed by atoms with van der Waals surface area (Å²) >= 11 is 0.